The lowest BCUT2D eigenvalue weighted by atomic mass is 9.88. The summed E-state index contributed by atoms with van der Waals surface area (Å²) in [6.45, 7) is 2.66. The second kappa shape index (κ2) is 6.27. The molecule has 1 aliphatic carbocycles. The molecule has 19 heavy (non-hydrogen) atoms. The maximum Gasteiger partial charge on any atom is 0.251 e. The fourth-order valence-electron chi connectivity index (χ4n) is 2.73. The van der Waals surface area contributed by atoms with Crippen molar-refractivity contribution in [2.45, 2.75) is 32.6 Å². The Morgan fingerprint density at radius 1 is 1.42 bits per heavy atom. The largest absolute Gasteiger partial charge is 0.351 e. The van der Waals surface area contributed by atoms with Gasteiger partial charge < -0.3 is 5.32 Å². The molecule has 2 nitrogen and oxygen atoms in total. The smallest absolute Gasteiger partial charge is 0.251 e. The predicted octanol–water partition coefficient (Wildman–Crippen LogP) is 4.33. The molecule has 0 spiro atoms. The van der Waals surface area contributed by atoms with Gasteiger partial charge in [0.1, 0.15) is 0 Å². The van der Waals surface area contributed by atoms with Gasteiger partial charge in [-0.2, -0.15) is 0 Å². The molecule has 0 aliphatic heterocycles. The van der Waals surface area contributed by atoms with Gasteiger partial charge in [-0.05, 0) is 48.9 Å². The number of halogens is 2. The number of hydrogen-bond donors (Lipinski definition) is 1. The highest BCUT2D eigenvalue weighted by Gasteiger charge is 2.33. The lowest BCUT2D eigenvalue weighted by Crippen LogP contribution is -2.37. The van der Waals surface area contributed by atoms with Crippen molar-refractivity contribution < 1.29 is 4.79 Å². The third-order valence-corrected chi connectivity index (χ3v) is 5.43. The lowest BCUT2D eigenvalue weighted by Gasteiger charge is -2.26. The molecular formula is C15H19BrClNO. The van der Waals surface area contributed by atoms with Gasteiger partial charge in [-0.1, -0.05) is 40.4 Å². The summed E-state index contributed by atoms with van der Waals surface area (Å²) in [6.07, 6.45) is 4.92. The van der Waals surface area contributed by atoms with E-state index < -0.39 is 0 Å². The molecule has 0 radical (unpaired) electrons. The minimum atomic E-state index is 0.00129. The Balaban J connectivity index is 2.01. The number of alkyl halides is 1. The first-order chi connectivity index (χ1) is 9.06. The van der Waals surface area contributed by atoms with E-state index in [9.17, 15) is 4.79 Å². The zero-order chi connectivity index (χ0) is 13.9. The average molecular weight is 345 g/mol. The first kappa shape index (κ1) is 14.9. The number of carbonyl (C=O) groups is 1. The van der Waals surface area contributed by atoms with Crippen LogP contribution in [-0.2, 0) is 0 Å². The zero-order valence-electron chi connectivity index (χ0n) is 11.1. The predicted molar refractivity (Wildman–Crippen MR) is 83.2 cm³/mol. The molecule has 104 valence electrons. The van der Waals surface area contributed by atoms with Crippen LogP contribution in [0.2, 0.25) is 5.02 Å². The second-order valence-electron chi connectivity index (χ2n) is 5.48. The van der Waals surface area contributed by atoms with Gasteiger partial charge in [-0.15, -0.1) is 0 Å². The molecule has 0 heterocycles. The Hall–Kier alpha value is -0.540. The number of hydrogen-bond acceptors (Lipinski definition) is 1. The molecule has 0 saturated heterocycles. The van der Waals surface area contributed by atoms with Gasteiger partial charge in [0.05, 0.1) is 0 Å². The molecule has 2 rings (SSSR count). The van der Waals surface area contributed by atoms with Crippen molar-refractivity contribution in [3.05, 3.63) is 34.3 Å². The summed E-state index contributed by atoms with van der Waals surface area (Å²) in [4.78, 5) is 12.2. The molecule has 0 bridgehead atoms. The van der Waals surface area contributed by atoms with E-state index in [4.69, 9.17) is 11.6 Å². The number of nitrogens with one attached hydrogen (secondary N) is 1. The highest BCUT2D eigenvalue weighted by molar-refractivity contribution is 9.09. The van der Waals surface area contributed by atoms with E-state index >= 15 is 0 Å². The monoisotopic (exact) mass is 343 g/mol. The highest BCUT2D eigenvalue weighted by Crippen LogP contribution is 2.39. The Morgan fingerprint density at radius 3 is 2.68 bits per heavy atom. The SMILES string of the molecule is Cc1cc(Cl)ccc1C(=O)NCC1(CBr)CCCC1. The van der Waals surface area contributed by atoms with Crippen LogP contribution in [0.3, 0.4) is 0 Å². The fourth-order valence-corrected chi connectivity index (χ4v) is 3.71. The highest BCUT2D eigenvalue weighted by atomic mass is 79.9. The lowest BCUT2D eigenvalue weighted by molar-refractivity contribution is 0.0935. The van der Waals surface area contributed by atoms with Crippen LogP contribution in [0, 0.1) is 12.3 Å². The molecule has 0 aromatic heterocycles. The number of aryl methyl sites for hydroxylation is 1. The quantitative estimate of drug-likeness (QED) is 0.809. The van der Waals surface area contributed by atoms with Crippen LogP contribution in [0.25, 0.3) is 0 Å². The van der Waals surface area contributed by atoms with E-state index in [1.165, 1.54) is 25.7 Å². The van der Waals surface area contributed by atoms with Crippen LogP contribution in [-0.4, -0.2) is 17.8 Å². The minimum Gasteiger partial charge on any atom is -0.351 e. The molecular weight excluding hydrogens is 326 g/mol. The van der Waals surface area contributed by atoms with Crippen LogP contribution in [0.1, 0.15) is 41.6 Å². The summed E-state index contributed by atoms with van der Waals surface area (Å²) < 4.78 is 0. The van der Waals surface area contributed by atoms with Crippen molar-refractivity contribution in [3.63, 3.8) is 0 Å². The van der Waals surface area contributed by atoms with Gasteiger partial charge in [0, 0.05) is 22.5 Å². The summed E-state index contributed by atoms with van der Waals surface area (Å²) in [6, 6.07) is 5.38. The van der Waals surface area contributed by atoms with Gasteiger partial charge in [-0.3, -0.25) is 4.79 Å². The number of carbonyl (C=O) groups excluding carboxylic acids is 1. The molecule has 4 heteroatoms. The van der Waals surface area contributed by atoms with Crippen LogP contribution >= 0.6 is 27.5 Å². The Kier molecular flexibility index (Phi) is 4.91. The Bertz CT molecular complexity index is 469. The molecule has 0 atom stereocenters. The summed E-state index contributed by atoms with van der Waals surface area (Å²) in [7, 11) is 0. The van der Waals surface area contributed by atoms with Crippen molar-refractivity contribution in [2.75, 3.05) is 11.9 Å². The van der Waals surface area contributed by atoms with Gasteiger partial charge >= 0.3 is 0 Å². The van der Waals surface area contributed by atoms with E-state index in [0.29, 0.717) is 10.6 Å². The molecule has 1 N–H and O–H groups in total. The van der Waals surface area contributed by atoms with Crippen molar-refractivity contribution in [3.8, 4) is 0 Å². The third kappa shape index (κ3) is 3.51. The molecule has 0 unspecified atom stereocenters. The van der Waals surface area contributed by atoms with Crippen molar-refractivity contribution in [1.82, 2.24) is 5.32 Å². The fraction of sp³-hybridized carbons (Fsp3) is 0.533. The maximum absolute atomic E-state index is 12.2. The Labute approximate surface area is 128 Å². The van der Waals surface area contributed by atoms with Crippen LogP contribution in [0.15, 0.2) is 18.2 Å². The van der Waals surface area contributed by atoms with Crippen LogP contribution < -0.4 is 5.32 Å². The normalized spacial score (nSPS) is 17.4. The third-order valence-electron chi connectivity index (χ3n) is 4.00. The van der Waals surface area contributed by atoms with Crippen molar-refractivity contribution >= 4 is 33.4 Å². The van der Waals surface area contributed by atoms with E-state index in [1.807, 2.05) is 13.0 Å². The van der Waals surface area contributed by atoms with Gasteiger partial charge in [0.25, 0.3) is 5.91 Å². The van der Waals surface area contributed by atoms with Crippen LogP contribution in [0.5, 0.6) is 0 Å². The van der Waals surface area contributed by atoms with E-state index in [0.717, 1.165) is 17.4 Å². The van der Waals surface area contributed by atoms with Gasteiger partial charge in [0.15, 0.2) is 0 Å². The van der Waals surface area contributed by atoms with E-state index in [2.05, 4.69) is 21.2 Å². The van der Waals surface area contributed by atoms with Crippen molar-refractivity contribution in [1.29, 1.82) is 0 Å². The first-order valence-electron chi connectivity index (χ1n) is 6.67. The summed E-state index contributed by atoms with van der Waals surface area (Å²) in [5, 5.41) is 4.71. The minimum absolute atomic E-state index is 0.00129. The zero-order valence-corrected chi connectivity index (χ0v) is 13.5. The van der Waals surface area contributed by atoms with Gasteiger partial charge in [-0.25, -0.2) is 0 Å². The number of amides is 1. The number of rotatable bonds is 4. The summed E-state index contributed by atoms with van der Waals surface area (Å²) in [5.41, 5.74) is 1.88. The first-order valence-corrected chi connectivity index (χ1v) is 8.17. The standard InChI is InChI=1S/C15H19BrClNO/c1-11-8-12(17)4-5-13(11)14(19)18-10-15(9-16)6-2-3-7-15/h4-5,8H,2-3,6-7,9-10H2,1H3,(H,18,19). The summed E-state index contributed by atoms with van der Waals surface area (Å²) >= 11 is 9.50. The van der Waals surface area contributed by atoms with Crippen molar-refractivity contribution in [2.24, 2.45) is 5.41 Å². The maximum atomic E-state index is 12.2. The molecule has 1 saturated carbocycles. The average Bonchev–Trinajstić information content (AvgIpc) is 2.85. The topological polar surface area (TPSA) is 29.1 Å². The second-order valence-corrected chi connectivity index (χ2v) is 6.48. The van der Waals surface area contributed by atoms with E-state index in [1.54, 1.807) is 12.1 Å². The Morgan fingerprint density at radius 2 is 2.11 bits per heavy atom. The molecule has 1 aliphatic rings. The molecule has 1 fully saturated rings. The molecule has 1 amide bonds. The van der Waals surface area contributed by atoms with Crippen LogP contribution in [0.4, 0.5) is 0 Å². The van der Waals surface area contributed by atoms with E-state index in [-0.39, 0.29) is 11.3 Å². The summed E-state index contributed by atoms with van der Waals surface area (Å²) in [5.74, 6) is 0.00129. The molecule has 1 aromatic rings. The van der Waals surface area contributed by atoms with Gasteiger partial charge in [0.2, 0.25) is 0 Å². The number of benzene rings is 1. The molecule has 1 aromatic carbocycles.